The molecule has 1 heterocycles. The third kappa shape index (κ3) is 3.58. The summed E-state index contributed by atoms with van der Waals surface area (Å²) in [6, 6.07) is -0.840. The summed E-state index contributed by atoms with van der Waals surface area (Å²) in [5.74, 6) is 0. The zero-order valence-electron chi connectivity index (χ0n) is 8.42. The molecule has 0 aromatic heterocycles. The van der Waals surface area contributed by atoms with Crippen molar-refractivity contribution < 1.29 is 18.0 Å². The predicted octanol–water partition coefficient (Wildman–Crippen LogP) is 0.634. The first-order valence-electron chi connectivity index (χ1n) is 4.65. The highest BCUT2D eigenvalue weighted by atomic mass is 19.4. The molecule has 15 heavy (non-hydrogen) atoms. The Bertz CT molecular complexity index is 244. The maximum Gasteiger partial charge on any atom is 0.401 e. The number of halogens is 3. The molecule has 0 aliphatic carbocycles. The van der Waals surface area contributed by atoms with E-state index < -0.39 is 18.8 Å². The second-order valence-electron chi connectivity index (χ2n) is 3.73. The molecule has 1 rings (SSSR count). The van der Waals surface area contributed by atoms with Gasteiger partial charge >= 0.3 is 12.2 Å². The quantitative estimate of drug-likeness (QED) is 0.711. The fraction of sp³-hybridized carbons (Fsp3) is 0.875. The fourth-order valence-electron chi connectivity index (χ4n) is 1.76. The van der Waals surface area contributed by atoms with E-state index in [2.05, 4.69) is 0 Å². The second kappa shape index (κ2) is 4.26. The number of hydrogen-bond donors (Lipinski definition) is 1. The number of carbonyl (C=O) groups excluding carboxylic acids is 1. The lowest BCUT2D eigenvalue weighted by molar-refractivity contribution is -0.150. The van der Waals surface area contributed by atoms with E-state index >= 15 is 0 Å². The first kappa shape index (κ1) is 12.1. The van der Waals surface area contributed by atoms with Crippen LogP contribution in [0.2, 0.25) is 0 Å². The molecule has 1 fully saturated rings. The minimum atomic E-state index is -4.19. The van der Waals surface area contributed by atoms with Crippen LogP contribution < -0.4 is 5.73 Å². The molecular formula is C8H14F3N3O. The van der Waals surface area contributed by atoms with Crippen LogP contribution in [-0.4, -0.2) is 54.2 Å². The Morgan fingerprint density at radius 3 is 2.47 bits per heavy atom. The van der Waals surface area contributed by atoms with Crippen LogP contribution in [0.1, 0.15) is 6.92 Å². The van der Waals surface area contributed by atoms with Crippen molar-refractivity contribution in [3.05, 3.63) is 0 Å². The normalized spacial score (nSPS) is 24.3. The molecule has 1 atom stereocenters. The summed E-state index contributed by atoms with van der Waals surface area (Å²) in [6.07, 6.45) is -4.19. The molecule has 0 aromatic rings. The van der Waals surface area contributed by atoms with E-state index in [0.717, 1.165) is 0 Å². The molecule has 0 radical (unpaired) electrons. The second-order valence-corrected chi connectivity index (χ2v) is 3.73. The SMILES string of the molecule is CC1CN(CC(F)(F)F)CCN1C(N)=O. The molecule has 0 aromatic carbocycles. The van der Waals surface area contributed by atoms with Gasteiger partial charge in [-0.25, -0.2) is 4.79 Å². The van der Waals surface area contributed by atoms with Gasteiger partial charge in [-0.2, -0.15) is 13.2 Å². The molecule has 4 nitrogen and oxygen atoms in total. The van der Waals surface area contributed by atoms with Crippen molar-refractivity contribution in [2.24, 2.45) is 5.73 Å². The van der Waals surface area contributed by atoms with Crippen LogP contribution in [0, 0.1) is 0 Å². The minimum absolute atomic E-state index is 0.211. The molecule has 0 saturated carbocycles. The number of nitrogens with zero attached hydrogens (tertiary/aromatic N) is 2. The number of rotatable bonds is 1. The van der Waals surface area contributed by atoms with Gasteiger partial charge in [0.1, 0.15) is 0 Å². The number of primary amides is 1. The highest BCUT2D eigenvalue weighted by Crippen LogP contribution is 2.19. The lowest BCUT2D eigenvalue weighted by Crippen LogP contribution is -2.56. The number of amides is 2. The first-order valence-corrected chi connectivity index (χ1v) is 4.65. The highest BCUT2D eigenvalue weighted by Gasteiger charge is 2.34. The van der Waals surface area contributed by atoms with Crippen molar-refractivity contribution in [3.8, 4) is 0 Å². The van der Waals surface area contributed by atoms with E-state index in [1.165, 1.54) is 9.80 Å². The molecule has 1 aliphatic rings. The summed E-state index contributed by atoms with van der Waals surface area (Å²) in [5.41, 5.74) is 5.08. The average molecular weight is 225 g/mol. The average Bonchev–Trinajstić information content (AvgIpc) is 1.99. The van der Waals surface area contributed by atoms with E-state index in [1.54, 1.807) is 6.92 Å². The molecule has 1 saturated heterocycles. The summed E-state index contributed by atoms with van der Waals surface area (Å²) in [7, 11) is 0. The Morgan fingerprint density at radius 2 is 2.07 bits per heavy atom. The Morgan fingerprint density at radius 1 is 1.47 bits per heavy atom. The third-order valence-corrected chi connectivity index (χ3v) is 2.40. The molecule has 0 spiro atoms. The molecule has 1 unspecified atom stereocenters. The summed E-state index contributed by atoms with van der Waals surface area (Å²) < 4.78 is 36.2. The molecule has 2 N–H and O–H groups in total. The maximum atomic E-state index is 12.1. The van der Waals surface area contributed by atoms with Gasteiger partial charge in [-0.3, -0.25) is 4.90 Å². The molecule has 1 aliphatic heterocycles. The number of piperazine rings is 1. The summed E-state index contributed by atoms with van der Waals surface area (Å²) >= 11 is 0. The van der Waals surface area contributed by atoms with Crippen LogP contribution >= 0.6 is 0 Å². The Kier molecular flexibility index (Phi) is 3.43. The van der Waals surface area contributed by atoms with E-state index in [-0.39, 0.29) is 25.7 Å². The largest absolute Gasteiger partial charge is 0.401 e. The zero-order valence-corrected chi connectivity index (χ0v) is 8.42. The predicted molar refractivity (Wildman–Crippen MR) is 48.2 cm³/mol. The van der Waals surface area contributed by atoms with E-state index in [1.807, 2.05) is 0 Å². The molecular weight excluding hydrogens is 211 g/mol. The van der Waals surface area contributed by atoms with Gasteiger partial charge in [0, 0.05) is 25.7 Å². The zero-order chi connectivity index (χ0) is 11.6. The van der Waals surface area contributed by atoms with E-state index in [9.17, 15) is 18.0 Å². The lowest BCUT2D eigenvalue weighted by Gasteiger charge is -2.39. The Balaban J connectivity index is 2.48. The number of nitrogens with two attached hydrogens (primary N) is 1. The van der Waals surface area contributed by atoms with Crippen molar-refractivity contribution >= 4 is 6.03 Å². The maximum absolute atomic E-state index is 12.1. The minimum Gasteiger partial charge on any atom is -0.351 e. The Hall–Kier alpha value is -0.980. The summed E-state index contributed by atoms with van der Waals surface area (Å²) in [5, 5.41) is 0. The van der Waals surface area contributed by atoms with Crippen LogP contribution in [0.15, 0.2) is 0 Å². The first-order chi connectivity index (χ1) is 6.79. The van der Waals surface area contributed by atoms with Gasteiger partial charge in [0.2, 0.25) is 0 Å². The number of urea groups is 1. The van der Waals surface area contributed by atoms with Crippen molar-refractivity contribution in [1.29, 1.82) is 0 Å². The smallest absolute Gasteiger partial charge is 0.351 e. The monoisotopic (exact) mass is 225 g/mol. The fourth-order valence-corrected chi connectivity index (χ4v) is 1.76. The van der Waals surface area contributed by atoms with Gasteiger partial charge in [-0.1, -0.05) is 0 Å². The van der Waals surface area contributed by atoms with Crippen molar-refractivity contribution in [2.45, 2.75) is 19.1 Å². The van der Waals surface area contributed by atoms with Crippen molar-refractivity contribution in [2.75, 3.05) is 26.2 Å². The van der Waals surface area contributed by atoms with Crippen molar-refractivity contribution in [3.63, 3.8) is 0 Å². The van der Waals surface area contributed by atoms with Crippen molar-refractivity contribution in [1.82, 2.24) is 9.80 Å². The van der Waals surface area contributed by atoms with Gasteiger partial charge in [0.25, 0.3) is 0 Å². The number of carbonyl (C=O) groups is 1. The van der Waals surface area contributed by atoms with Gasteiger partial charge in [-0.15, -0.1) is 0 Å². The van der Waals surface area contributed by atoms with Gasteiger partial charge in [0.15, 0.2) is 0 Å². The van der Waals surface area contributed by atoms with Gasteiger partial charge < -0.3 is 10.6 Å². The molecule has 7 heteroatoms. The molecule has 88 valence electrons. The van der Waals surface area contributed by atoms with Crippen LogP contribution in [0.25, 0.3) is 0 Å². The van der Waals surface area contributed by atoms with Crippen LogP contribution in [0.4, 0.5) is 18.0 Å². The van der Waals surface area contributed by atoms with Gasteiger partial charge in [0.05, 0.1) is 6.54 Å². The van der Waals surface area contributed by atoms with Crippen LogP contribution in [-0.2, 0) is 0 Å². The summed E-state index contributed by atoms with van der Waals surface area (Å²) in [4.78, 5) is 13.5. The standard InChI is InChI=1S/C8H14F3N3O/c1-6-4-13(5-8(9,10)11)2-3-14(6)7(12)15/h6H,2-5H2,1H3,(H2,12,15). The highest BCUT2D eigenvalue weighted by molar-refractivity contribution is 5.72. The van der Waals surface area contributed by atoms with Crippen LogP contribution in [0.5, 0.6) is 0 Å². The van der Waals surface area contributed by atoms with Gasteiger partial charge in [-0.05, 0) is 6.92 Å². The molecule has 2 amide bonds. The van der Waals surface area contributed by atoms with E-state index in [4.69, 9.17) is 5.73 Å². The van der Waals surface area contributed by atoms with Crippen LogP contribution in [0.3, 0.4) is 0 Å². The Labute approximate surface area is 85.8 Å². The third-order valence-electron chi connectivity index (χ3n) is 2.40. The number of hydrogen-bond acceptors (Lipinski definition) is 2. The number of alkyl halides is 3. The summed E-state index contributed by atoms with van der Waals surface area (Å²) in [6.45, 7) is 1.44. The topological polar surface area (TPSA) is 49.6 Å². The van der Waals surface area contributed by atoms with E-state index in [0.29, 0.717) is 0 Å². The lowest BCUT2D eigenvalue weighted by atomic mass is 10.2. The molecule has 0 bridgehead atoms.